The number of carbonyl (C=O) groups excluding carboxylic acids is 2. The van der Waals surface area contributed by atoms with E-state index in [0.29, 0.717) is 0 Å². The van der Waals surface area contributed by atoms with Crippen LogP contribution in [0, 0.1) is 0 Å². The van der Waals surface area contributed by atoms with Gasteiger partial charge in [0.1, 0.15) is 0 Å². The molecule has 0 bridgehead atoms. The van der Waals surface area contributed by atoms with Crippen molar-refractivity contribution in [2.24, 2.45) is 0 Å². The summed E-state index contributed by atoms with van der Waals surface area (Å²) in [4.78, 5) is 73.6. The van der Waals surface area contributed by atoms with E-state index >= 15 is 0 Å². The number of aromatic carboxylic acids is 4. The summed E-state index contributed by atoms with van der Waals surface area (Å²) in [6.45, 7) is 0. The smallest absolute Gasteiger partial charge is 0.478 e. The predicted octanol–water partition coefficient (Wildman–Crippen LogP) is 2.75. The summed E-state index contributed by atoms with van der Waals surface area (Å²) in [6, 6.07) is 21.5. The van der Waals surface area contributed by atoms with Crippen LogP contribution in [0.5, 0.6) is 0 Å². The molecule has 4 rings (SSSR count). The SMILES string of the molecule is O=C(O[Si](OC(=O)c1ccc(C(=O)O)c(C(=O)O)c1)(c1ccccc1)c1ccccc1)c1ccc(C(=O)O)c(C(=O)O)c1. The van der Waals surface area contributed by atoms with Crippen LogP contribution >= 0.6 is 0 Å². The van der Waals surface area contributed by atoms with E-state index in [0.717, 1.165) is 36.4 Å². The van der Waals surface area contributed by atoms with Gasteiger partial charge in [0.05, 0.1) is 33.4 Å². The zero-order chi connectivity index (χ0) is 31.3. The minimum atomic E-state index is -4.43. The van der Waals surface area contributed by atoms with E-state index in [-0.39, 0.29) is 21.5 Å². The van der Waals surface area contributed by atoms with Crippen LogP contribution in [0.25, 0.3) is 0 Å². The van der Waals surface area contributed by atoms with Gasteiger partial charge in [-0.05, 0) is 36.4 Å². The molecular weight excluding hydrogens is 580 g/mol. The number of rotatable bonds is 10. The lowest BCUT2D eigenvalue weighted by molar-refractivity contribution is 0.0587. The Balaban J connectivity index is 1.87. The molecule has 4 aromatic rings. The molecule has 0 atom stereocenters. The highest BCUT2D eigenvalue weighted by atomic mass is 28.4. The number of carboxylic acid groups (broad SMARTS) is 4. The first kappa shape index (κ1) is 29.9. The van der Waals surface area contributed by atoms with Crippen LogP contribution in [0.15, 0.2) is 97.1 Å². The molecule has 0 amide bonds. The van der Waals surface area contributed by atoms with Gasteiger partial charge in [-0.2, -0.15) is 0 Å². The Kier molecular flexibility index (Phi) is 8.48. The first-order valence-corrected chi connectivity index (χ1v) is 14.0. The lowest BCUT2D eigenvalue weighted by atomic mass is 10.0. The predicted molar refractivity (Wildman–Crippen MR) is 149 cm³/mol. The maximum Gasteiger partial charge on any atom is 0.535 e. The number of carbonyl (C=O) groups is 6. The highest BCUT2D eigenvalue weighted by Crippen LogP contribution is 2.20. The van der Waals surface area contributed by atoms with Crippen LogP contribution in [-0.2, 0) is 8.85 Å². The fraction of sp³-hybridized carbons (Fsp3) is 0. The van der Waals surface area contributed by atoms with Crippen LogP contribution < -0.4 is 10.4 Å². The van der Waals surface area contributed by atoms with E-state index in [2.05, 4.69) is 0 Å². The Morgan fingerprint density at radius 2 is 0.767 bits per heavy atom. The van der Waals surface area contributed by atoms with Crippen molar-refractivity contribution < 1.29 is 58.0 Å². The third kappa shape index (κ3) is 6.16. The maximum atomic E-state index is 13.6. The van der Waals surface area contributed by atoms with E-state index in [4.69, 9.17) is 8.85 Å². The minimum absolute atomic E-state index is 0.254. The molecule has 0 radical (unpaired) electrons. The Morgan fingerprint density at radius 1 is 0.442 bits per heavy atom. The number of hydrogen-bond donors (Lipinski definition) is 4. The quantitative estimate of drug-likeness (QED) is 0.194. The number of carboxylic acids is 4. The topological polar surface area (TPSA) is 202 Å². The van der Waals surface area contributed by atoms with Gasteiger partial charge < -0.3 is 29.3 Å². The third-order valence-electron chi connectivity index (χ3n) is 6.21. The molecule has 0 spiro atoms. The molecule has 0 saturated carbocycles. The van der Waals surface area contributed by atoms with Gasteiger partial charge in [-0.1, -0.05) is 60.7 Å². The fourth-order valence-electron chi connectivity index (χ4n) is 4.19. The van der Waals surface area contributed by atoms with E-state index in [1.54, 1.807) is 36.4 Å². The monoisotopic (exact) mass is 600 g/mol. The number of hydrogen-bond acceptors (Lipinski definition) is 8. The largest absolute Gasteiger partial charge is 0.535 e. The minimum Gasteiger partial charge on any atom is -0.478 e. The summed E-state index contributed by atoms with van der Waals surface area (Å²) in [7, 11) is -4.43. The summed E-state index contributed by atoms with van der Waals surface area (Å²) >= 11 is 0. The highest BCUT2D eigenvalue weighted by molar-refractivity contribution is 6.94. The molecule has 12 nitrogen and oxygen atoms in total. The lowest BCUT2D eigenvalue weighted by Gasteiger charge is -2.30. The van der Waals surface area contributed by atoms with Crippen LogP contribution in [0.3, 0.4) is 0 Å². The molecule has 4 aromatic carbocycles. The van der Waals surface area contributed by atoms with Crippen molar-refractivity contribution >= 4 is 54.8 Å². The second-order valence-corrected chi connectivity index (χ2v) is 11.7. The van der Waals surface area contributed by atoms with Crippen molar-refractivity contribution in [3.8, 4) is 0 Å². The molecule has 13 heteroatoms. The average Bonchev–Trinajstić information content (AvgIpc) is 3.00. The van der Waals surface area contributed by atoms with E-state index in [1.165, 1.54) is 24.3 Å². The van der Waals surface area contributed by atoms with Crippen molar-refractivity contribution in [2.45, 2.75) is 0 Å². The molecule has 0 heterocycles. The van der Waals surface area contributed by atoms with Crippen LogP contribution in [-0.4, -0.2) is 64.8 Å². The summed E-state index contributed by atoms with van der Waals surface area (Å²) in [6.07, 6.45) is 0. The average molecular weight is 601 g/mol. The van der Waals surface area contributed by atoms with E-state index in [9.17, 15) is 49.2 Å². The molecule has 43 heavy (non-hydrogen) atoms. The lowest BCUT2D eigenvalue weighted by Crippen LogP contribution is -2.65. The van der Waals surface area contributed by atoms with Gasteiger partial charge in [0.15, 0.2) is 0 Å². The number of benzene rings is 4. The van der Waals surface area contributed by atoms with Gasteiger partial charge in [0.25, 0.3) is 0 Å². The van der Waals surface area contributed by atoms with Crippen molar-refractivity contribution in [3.05, 3.63) is 130 Å². The van der Waals surface area contributed by atoms with Crippen LogP contribution in [0.2, 0.25) is 0 Å². The van der Waals surface area contributed by atoms with Crippen molar-refractivity contribution in [3.63, 3.8) is 0 Å². The summed E-state index contributed by atoms with van der Waals surface area (Å²) in [5.74, 6) is -8.55. The zero-order valence-electron chi connectivity index (χ0n) is 21.8. The van der Waals surface area contributed by atoms with Crippen LogP contribution in [0.4, 0.5) is 0 Å². The molecule has 0 aliphatic heterocycles. The Hall–Kier alpha value is -6.08. The Bertz CT molecular complexity index is 1640. The zero-order valence-corrected chi connectivity index (χ0v) is 22.8. The molecule has 0 fully saturated rings. The van der Waals surface area contributed by atoms with Crippen LogP contribution in [0.1, 0.15) is 62.1 Å². The second kappa shape index (κ2) is 12.2. The van der Waals surface area contributed by atoms with Gasteiger partial charge in [-0.15, -0.1) is 0 Å². The second-order valence-electron chi connectivity index (χ2n) is 8.87. The van der Waals surface area contributed by atoms with Gasteiger partial charge in [0, 0.05) is 10.4 Å². The molecule has 0 aliphatic carbocycles. The van der Waals surface area contributed by atoms with Gasteiger partial charge in [0.2, 0.25) is 0 Å². The van der Waals surface area contributed by atoms with E-state index in [1.807, 2.05) is 0 Å². The first-order valence-electron chi connectivity index (χ1n) is 12.2. The Morgan fingerprint density at radius 3 is 1.07 bits per heavy atom. The fourth-order valence-corrected chi connectivity index (χ4v) is 7.05. The molecule has 0 unspecified atom stereocenters. The van der Waals surface area contributed by atoms with Gasteiger partial charge in [-0.3, -0.25) is 0 Å². The molecule has 4 N–H and O–H groups in total. The maximum absolute atomic E-state index is 13.6. The molecular formula is C30H20O12Si. The molecule has 0 saturated heterocycles. The van der Waals surface area contributed by atoms with Crippen molar-refractivity contribution in [2.75, 3.05) is 0 Å². The Labute approximate surface area is 243 Å². The van der Waals surface area contributed by atoms with Gasteiger partial charge >= 0.3 is 44.4 Å². The third-order valence-corrected chi connectivity index (χ3v) is 9.35. The molecule has 0 aromatic heterocycles. The normalized spacial score (nSPS) is 10.8. The van der Waals surface area contributed by atoms with Crippen molar-refractivity contribution in [1.82, 2.24) is 0 Å². The summed E-state index contributed by atoms with van der Waals surface area (Å²) < 4.78 is 11.9. The first-order chi connectivity index (χ1) is 20.4. The molecule has 216 valence electrons. The highest BCUT2D eigenvalue weighted by Gasteiger charge is 2.50. The summed E-state index contributed by atoms with van der Waals surface area (Å²) in [5.41, 5.74) is -3.17. The summed E-state index contributed by atoms with van der Waals surface area (Å²) in [5, 5.41) is 38.2. The molecule has 0 aliphatic rings. The van der Waals surface area contributed by atoms with E-state index < -0.39 is 66.6 Å². The van der Waals surface area contributed by atoms with Gasteiger partial charge in [-0.25, -0.2) is 28.8 Å². The van der Waals surface area contributed by atoms with Crippen molar-refractivity contribution in [1.29, 1.82) is 0 Å². The standard InChI is InChI=1S/C30H20O12Si/c31-25(32)21-13-11-17(15-23(21)27(35)36)29(39)41-43(19-7-3-1-4-8-19,20-9-5-2-6-10-20)42-30(40)18-12-14-22(26(33)34)24(16-18)28(37)38/h1-16H,(H,31,32)(H,33,34)(H,35,36)(H,37,38).